The third kappa shape index (κ3) is 1.31. The molecular weight excluding hydrogens is 189 g/mol. The molecule has 0 atom stereocenters. The molecule has 2 aromatic rings. The summed E-state index contributed by atoms with van der Waals surface area (Å²) in [6.07, 6.45) is 1.83. The van der Waals surface area contributed by atoms with E-state index in [0.717, 1.165) is 17.4 Å². The summed E-state index contributed by atoms with van der Waals surface area (Å²) < 4.78 is 14.9. The molecular formula is C10H9ClFN. The summed E-state index contributed by atoms with van der Waals surface area (Å²) in [5.74, 6) is -0.247. The molecule has 0 aliphatic rings. The molecule has 0 radical (unpaired) electrons. The van der Waals surface area contributed by atoms with Crippen LogP contribution in [0.15, 0.2) is 24.4 Å². The van der Waals surface area contributed by atoms with Crippen molar-refractivity contribution in [1.82, 2.24) is 4.57 Å². The normalized spacial score (nSPS) is 11.0. The SMILES string of the molecule is CCn1cc(Cl)c2cc(F)ccc21. The van der Waals surface area contributed by atoms with Gasteiger partial charge in [-0.1, -0.05) is 11.6 Å². The van der Waals surface area contributed by atoms with E-state index >= 15 is 0 Å². The number of rotatable bonds is 1. The summed E-state index contributed by atoms with van der Waals surface area (Å²) in [6, 6.07) is 4.66. The van der Waals surface area contributed by atoms with Gasteiger partial charge in [-0.05, 0) is 25.1 Å². The Balaban J connectivity index is 2.80. The number of halogens is 2. The van der Waals surface area contributed by atoms with E-state index in [4.69, 9.17) is 11.6 Å². The first-order valence-corrected chi connectivity index (χ1v) is 4.54. The minimum atomic E-state index is -0.247. The highest BCUT2D eigenvalue weighted by Gasteiger charge is 2.05. The molecule has 0 unspecified atom stereocenters. The van der Waals surface area contributed by atoms with Gasteiger partial charge in [0, 0.05) is 23.6 Å². The van der Waals surface area contributed by atoms with Crippen molar-refractivity contribution < 1.29 is 4.39 Å². The number of nitrogens with zero attached hydrogens (tertiary/aromatic N) is 1. The van der Waals surface area contributed by atoms with Gasteiger partial charge in [0.1, 0.15) is 5.82 Å². The van der Waals surface area contributed by atoms with E-state index < -0.39 is 0 Å². The van der Waals surface area contributed by atoms with Crippen molar-refractivity contribution >= 4 is 22.5 Å². The van der Waals surface area contributed by atoms with Gasteiger partial charge in [0.2, 0.25) is 0 Å². The van der Waals surface area contributed by atoms with Gasteiger partial charge in [-0.3, -0.25) is 0 Å². The molecule has 68 valence electrons. The first kappa shape index (κ1) is 8.57. The van der Waals surface area contributed by atoms with E-state index in [1.54, 1.807) is 6.07 Å². The van der Waals surface area contributed by atoms with E-state index in [9.17, 15) is 4.39 Å². The zero-order chi connectivity index (χ0) is 9.42. The van der Waals surface area contributed by atoms with Crippen LogP contribution in [-0.4, -0.2) is 4.57 Å². The Morgan fingerprint density at radius 2 is 2.23 bits per heavy atom. The van der Waals surface area contributed by atoms with Crippen LogP contribution in [0.5, 0.6) is 0 Å². The van der Waals surface area contributed by atoms with Crippen molar-refractivity contribution in [3.63, 3.8) is 0 Å². The maximum Gasteiger partial charge on any atom is 0.124 e. The third-order valence-corrected chi connectivity index (χ3v) is 2.44. The number of hydrogen-bond donors (Lipinski definition) is 0. The van der Waals surface area contributed by atoms with Crippen molar-refractivity contribution in [1.29, 1.82) is 0 Å². The molecule has 0 aliphatic carbocycles. The molecule has 0 saturated heterocycles. The highest BCUT2D eigenvalue weighted by molar-refractivity contribution is 6.35. The molecule has 1 aromatic carbocycles. The maximum atomic E-state index is 12.9. The average molecular weight is 198 g/mol. The van der Waals surface area contributed by atoms with E-state index in [1.807, 2.05) is 17.7 Å². The molecule has 2 rings (SSSR count). The Morgan fingerprint density at radius 3 is 2.92 bits per heavy atom. The Kier molecular flexibility index (Phi) is 2.00. The minimum Gasteiger partial charge on any atom is -0.346 e. The topological polar surface area (TPSA) is 4.93 Å². The first-order chi connectivity index (χ1) is 6.22. The van der Waals surface area contributed by atoms with Crippen LogP contribution >= 0.6 is 11.6 Å². The van der Waals surface area contributed by atoms with Crippen molar-refractivity contribution in [2.45, 2.75) is 13.5 Å². The van der Waals surface area contributed by atoms with E-state index in [-0.39, 0.29) is 5.82 Å². The molecule has 0 saturated carbocycles. The van der Waals surface area contributed by atoms with Crippen molar-refractivity contribution in [2.75, 3.05) is 0 Å². The predicted octanol–water partition coefficient (Wildman–Crippen LogP) is 3.45. The highest BCUT2D eigenvalue weighted by Crippen LogP contribution is 2.26. The summed E-state index contributed by atoms with van der Waals surface area (Å²) in [7, 11) is 0. The van der Waals surface area contributed by atoms with Crippen LogP contribution in [-0.2, 0) is 6.54 Å². The van der Waals surface area contributed by atoms with Gasteiger partial charge >= 0.3 is 0 Å². The summed E-state index contributed by atoms with van der Waals surface area (Å²) >= 11 is 5.94. The van der Waals surface area contributed by atoms with Crippen molar-refractivity contribution in [3.8, 4) is 0 Å². The summed E-state index contributed by atoms with van der Waals surface area (Å²) in [5, 5.41) is 1.39. The quantitative estimate of drug-likeness (QED) is 0.660. The number of aryl methyl sites for hydroxylation is 1. The summed E-state index contributed by atoms with van der Waals surface area (Å²) in [4.78, 5) is 0. The average Bonchev–Trinajstić information content (AvgIpc) is 2.43. The molecule has 0 bridgehead atoms. The predicted molar refractivity (Wildman–Crippen MR) is 52.6 cm³/mol. The molecule has 0 spiro atoms. The smallest absolute Gasteiger partial charge is 0.124 e. The second-order valence-electron chi connectivity index (χ2n) is 2.92. The lowest BCUT2D eigenvalue weighted by atomic mass is 10.2. The standard InChI is InChI=1S/C10H9ClFN/c1-2-13-6-9(11)8-5-7(12)3-4-10(8)13/h3-6H,2H2,1H3. The Bertz CT molecular complexity index is 447. The fourth-order valence-electron chi connectivity index (χ4n) is 1.49. The van der Waals surface area contributed by atoms with Crippen LogP contribution in [0.3, 0.4) is 0 Å². The van der Waals surface area contributed by atoms with Crippen LogP contribution < -0.4 is 0 Å². The van der Waals surface area contributed by atoms with Gasteiger partial charge in [-0.2, -0.15) is 0 Å². The monoisotopic (exact) mass is 197 g/mol. The second-order valence-corrected chi connectivity index (χ2v) is 3.33. The van der Waals surface area contributed by atoms with Crippen LogP contribution in [0.2, 0.25) is 5.02 Å². The van der Waals surface area contributed by atoms with E-state index in [1.165, 1.54) is 12.1 Å². The third-order valence-electron chi connectivity index (χ3n) is 2.14. The van der Waals surface area contributed by atoms with Gasteiger partial charge in [0.05, 0.1) is 5.02 Å². The summed E-state index contributed by atoms with van der Waals surface area (Å²) in [6.45, 7) is 2.87. The van der Waals surface area contributed by atoms with Gasteiger partial charge in [0.25, 0.3) is 0 Å². The Morgan fingerprint density at radius 1 is 1.46 bits per heavy atom. The minimum absolute atomic E-state index is 0.247. The Labute approximate surface area is 80.7 Å². The lowest BCUT2D eigenvalue weighted by Gasteiger charge is -1.98. The van der Waals surface area contributed by atoms with Gasteiger partial charge < -0.3 is 4.57 Å². The van der Waals surface area contributed by atoms with Crippen molar-refractivity contribution in [3.05, 3.63) is 35.2 Å². The zero-order valence-corrected chi connectivity index (χ0v) is 7.98. The van der Waals surface area contributed by atoms with E-state index in [0.29, 0.717) is 5.02 Å². The molecule has 13 heavy (non-hydrogen) atoms. The lowest BCUT2D eigenvalue weighted by Crippen LogP contribution is -1.89. The number of fused-ring (bicyclic) bond motifs is 1. The largest absolute Gasteiger partial charge is 0.346 e. The number of hydrogen-bond acceptors (Lipinski definition) is 0. The molecule has 1 heterocycles. The molecule has 0 N–H and O–H groups in total. The lowest BCUT2D eigenvalue weighted by molar-refractivity contribution is 0.629. The molecule has 0 fully saturated rings. The number of benzene rings is 1. The van der Waals surface area contributed by atoms with Crippen LogP contribution in [0.1, 0.15) is 6.92 Å². The van der Waals surface area contributed by atoms with Crippen molar-refractivity contribution in [2.24, 2.45) is 0 Å². The summed E-state index contributed by atoms with van der Waals surface area (Å²) in [5.41, 5.74) is 0.980. The van der Waals surface area contributed by atoms with E-state index in [2.05, 4.69) is 0 Å². The van der Waals surface area contributed by atoms with Crippen LogP contribution in [0.25, 0.3) is 10.9 Å². The fourth-order valence-corrected chi connectivity index (χ4v) is 1.76. The fraction of sp³-hybridized carbons (Fsp3) is 0.200. The first-order valence-electron chi connectivity index (χ1n) is 4.16. The highest BCUT2D eigenvalue weighted by atomic mass is 35.5. The molecule has 0 amide bonds. The number of aromatic nitrogens is 1. The van der Waals surface area contributed by atoms with Crippen LogP contribution in [0.4, 0.5) is 4.39 Å². The molecule has 1 aromatic heterocycles. The van der Waals surface area contributed by atoms with Gasteiger partial charge in [0.15, 0.2) is 0 Å². The molecule has 3 heteroatoms. The molecule has 1 nitrogen and oxygen atoms in total. The van der Waals surface area contributed by atoms with Gasteiger partial charge in [-0.25, -0.2) is 4.39 Å². The molecule has 0 aliphatic heterocycles. The van der Waals surface area contributed by atoms with Crippen LogP contribution in [0, 0.1) is 5.82 Å². The zero-order valence-electron chi connectivity index (χ0n) is 7.22. The van der Waals surface area contributed by atoms with Gasteiger partial charge in [-0.15, -0.1) is 0 Å². The maximum absolute atomic E-state index is 12.9. The Hall–Kier alpha value is -1.02. The second kappa shape index (κ2) is 3.04.